The molecular weight excluding hydrogens is 356 g/mol. The summed E-state index contributed by atoms with van der Waals surface area (Å²) in [7, 11) is 1.68. The van der Waals surface area contributed by atoms with Gasteiger partial charge < -0.3 is 14.2 Å². The molecule has 0 radical (unpaired) electrons. The van der Waals surface area contributed by atoms with Crippen LogP contribution in [0.15, 0.2) is 59.1 Å². The quantitative estimate of drug-likeness (QED) is 0.611. The number of ether oxygens (including phenoxy) is 1. The van der Waals surface area contributed by atoms with E-state index in [1.165, 1.54) is 4.90 Å². The summed E-state index contributed by atoms with van der Waals surface area (Å²) in [6.45, 7) is 3.74. The third-order valence-corrected chi connectivity index (χ3v) is 4.54. The molecular formula is C22H22N2O4. The van der Waals surface area contributed by atoms with Crippen LogP contribution in [-0.4, -0.2) is 35.6 Å². The summed E-state index contributed by atoms with van der Waals surface area (Å²) in [6, 6.07) is 17.1. The molecule has 0 saturated carbocycles. The molecule has 28 heavy (non-hydrogen) atoms. The Morgan fingerprint density at radius 2 is 1.71 bits per heavy atom. The highest BCUT2D eigenvalue weighted by molar-refractivity contribution is 5.98. The second-order valence-corrected chi connectivity index (χ2v) is 6.58. The van der Waals surface area contributed by atoms with Gasteiger partial charge in [0.2, 0.25) is 0 Å². The van der Waals surface area contributed by atoms with Crippen LogP contribution in [0.3, 0.4) is 0 Å². The van der Waals surface area contributed by atoms with E-state index < -0.39 is 5.97 Å². The van der Waals surface area contributed by atoms with E-state index in [1.54, 1.807) is 14.0 Å². The number of rotatable bonds is 6. The largest absolute Gasteiger partial charge is 0.452 e. The van der Waals surface area contributed by atoms with Gasteiger partial charge in [-0.2, -0.15) is 0 Å². The van der Waals surface area contributed by atoms with Crippen molar-refractivity contribution >= 4 is 11.9 Å². The highest BCUT2D eigenvalue weighted by Crippen LogP contribution is 2.25. The summed E-state index contributed by atoms with van der Waals surface area (Å²) in [5.74, 6) is -0.563. The average molecular weight is 378 g/mol. The molecule has 0 N–H and O–H groups in total. The molecule has 0 spiro atoms. The van der Waals surface area contributed by atoms with Crippen LogP contribution in [0.4, 0.5) is 0 Å². The molecule has 0 aliphatic rings. The number of amides is 1. The molecule has 2 aromatic carbocycles. The van der Waals surface area contributed by atoms with E-state index >= 15 is 0 Å². The van der Waals surface area contributed by atoms with E-state index in [-0.39, 0.29) is 18.1 Å². The van der Waals surface area contributed by atoms with Crippen molar-refractivity contribution in [3.63, 3.8) is 0 Å². The van der Waals surface area contributed by atoms with E-state index in [1.807, 2.05) is 61.5 Å². The molecule has 1 aromatic heterocycles. The van der Waals surface area contributed by atoms with Crippen molar-refractivity contribution in [2.24, 2.45) is 0 Å². The Kier molecular flexibility index (Phi) is 5.89. The Morgan fingerprint density at radius 3 is 2.43 bits per heavy atom. The molecule has 1 amide bonds. The molecule has 3 rings (SSSR count). The van der Waals surface area contributed by atoms with Crippen molar-refractivity contribution in [3.05, 3.63) is 77.0 Å². The van der Waals surface area contributed by atoms with E-state index in [0.717, 1.165) is 16.7 Å². The molecule has 1 heterocycles. The van der Waals surface area contributed by atoms with Crippen molar-refractivity contribution in [1.29, 1.82) is 0 Å². The van der Waals surface area contributed by atoms with Gasteiger partial charge in [0.15, 0.2) is 6.61 Å². The van der Waals surface area contributed by atoms with Crippen LogP contribution in [-0.2, 0) is 16.1 Å². The maximum absolute atomic E-state index is 12.6. The van der Waals surface area contributed by atoms with Crippen molar-refractivity contribution < 1.29 is 18.8 Å². The first-order valence-corrected chi connectivity index (χ1v) is 8.94. The highest BCUT2D eigenvalue weighted by Gasteiger charge is 2.24. The topological polar surface area (TPSA) is 72.6 Å². The zero-order valence-electron chi connectivity index (χ0n) is 16.1. The Labute approximate surface area is 163 Å². The second-order valence-electron chi connectivity index (χ2n) is 6.58. The minimum absolute atomic E-state index is 0.237. The molecule has 0 aliphatic carbocycles. The van der Waals surface area contributed by atoms with Gasteiger partial charge in [0.1, 0.15) is 17.0 Å². The van der Waals surface area contributed by atoms with Crippen LogP contribution in [0.1, 0.15) is 27.2 Å². The number of hydrogen-bond acceptors (Lipinski definition) is 5. The van der Waals surface area contributed by atoms with Crippen LogP contribution in [0, 0.1) is 13.8 Å². The number of aryl methyl sites for hydroxylation is 2. The number of benzene rings is 2. The maximum atomic E-state index is 12.6. The Hall–Kier alpha value is -3.41. The number of nitrogens with zero attached hydrogens (tertiary/aromatic N) is 2. The fourth-order valence-corrected chi connectivity index (χ4v) is 2.85. The zero-order valence-corrected chi connectivity index (χ0v) is 16.1. The van der Waals surface area contributed by atoms with Gasteiger partial charge in [0.05, 0.1) is 0 Å². The minimum Gasteiger partial charge on any atom is -0.452 e. The van der Waals surface area contributed by atoms with Gasteiger partial charge in [0, 0.05) is 19.2 Å². The third kappa shape index (κ3) is 4.28. The number of aromatic nitrogens is 1. The second kappa shape index (κ2) is 8.52. The Morgan fingerprint density at radius 1 is 1.04 bits per heavy atom. The summed E-state index contributed by atoms with van der Waals surface area (Å²) < 4.78 is 10.4. The zero-order chi connectivity index (χ0) is 20.1. The molecule has 6 heteroatoms. The first kappa shape index (κ1) is 19.4. The standard InChI is InChI=1S/C22H22N2O4/c1-15-9-7-8-12-18(15)13-24(3)19(25)14-27-22(26)20-16(2)28-23-21(20)17-10-5-4-6-11-17/h4-12H,13-14H2,1-3H3. The number of carbonyl (C=O) groups is 2. The third-order valence-electron chi connectivity index (χ3n) is 4.54. The van der Waals surface area contributed by atoms with Gasteiger partial charge in [-0.3, -0.25) is 4.79 Å². The molecule has 144 valence electrons. The summed E-state index contributed by atoms with van der Waals surface area (Å²) in [4.78, 5) is 26.5. The lowest BCUT2D eigenvalue weighted by atomic mass is 10.1. The van der Waals surface area contributed by atoms with Crippen LogP contribution in [0.5, 0.6) is 0 Å². The summed E-state index contributed by atoms with van der Waals surface area (Å²) in [6.07, 6.45) is 0. The van der Waals surface area contributed by atoms with Gasteiger partial charge in [-0.15, -0.1) is 0 Å². The fourth-order valence-electron chi connectivity index (χ4n) is 2.85. The average Bonchev–Trinajstić information content (AvgIpc) is 3.09. The molecule has 0 aliphatic heterocycles. The van der Waals surface area contributed by atoms with E-state index in [0.29, 0.717) is 18.0 Å². The molecule has 0 saturated heterocycles. The van der Waals surface area contributed by atoms with Gasteiger partial charge in [-0.25, -0.2) is 4.79 Å². The summed E-state index contributed by atoms with van der Waals surface area (Å²) in [5, 5.41) is 3.96. The SMILES string of the molecule is Cc1ccccc1CN(C)C(=O)COC(=O)c1c(-c2ccccc2)noc1C. The van der Waals surface area contributed by atoms with Crippen LogP contribution < -0.4 is 0 Å². The smallest absolute Gasteiger partial charge is 0.344 e. The number of esters is 1. The van der Waals surface area contributed by atoms with Crippen molar-refractivity contribution in [2.75, 3.05) is 13.7 Å². The summed E-state index contributed by atoms with van der Waals surface area (Å²) in [5.41, 5.74) is 3.54. The number of hydrogen-bond donors (Lipinski definition) is 0. The van der Waals surface area contributed by atoms with Crippen LogP contribution >= 0.6 is 0 Å². The van der Waals surface area contributed by atoms with Crippen LogP contribution in [0.25, 0.3) is 11.3 Å². The lowest BCUT2D eigenvalue weighted by Crippen LogP contribution is -2.31. The molecule has 3 aromatic rings. The van der Waals surface area contributed by atoms with Crippen molar-refractivity contribution in [1.82, 2.24) is 10.1 Å². The van der Waals surface area contributed by atoms with E-state index in [2.05, 4.69) is 5.16 Å². The predicted molar refractivity (Wildman–Crippen MR) is 105 cm³/mol. The monoisotopic (exact) mass is 378 g/mol. The van der Waals surface area contributed by atoms with Gasteiger partial charge in [-0.05, 0) is 25.0 Å². The minimum atomic E-state index is -0.629. The van der Waals surface area contributed by atoms with Gasteiger partial charge in [-0.1, -0.05) is 59.8 Å². The molecule has 0 bridgehead atoms. The molecule has 0 atom stereocenters. The first-order chi connectivity index (χ1) is 13.5. The Bertz CT molecular complexity index is 979. The van der Waals surface area contributed by atoms with E-state index in [4.69, 9.17) is 9.26 Å². The van der Waals surface area contributed by atoms with Gasteiger partial charge >= 0.3 is 5.97 Å². The number of carbonyl (C=O) groups excluding carboxylic acids is 2. The molecule has 6 nitrogen and oxygen atoms in total. The number of likely N-dealkylation sites (N-methyl/N-ethyl adjacent to an activating group) is 1. The first-order valence-electron chi connectivity index (χ1n) is 8.94. The highest BCUT2D eigenvalue weighted by atomic mass is 16.5. The fraction of sp³-hybridized carbons (Fsp3) is 0.227. The molecule has 0 fully saturated rings. The van der Waals surface area contributed by atoms with Crippen molar-refractivity contribution in [2.45, 2.75) is 20.4 Å². The van der Waals surface area contributed by atoms with Crippen molar-refractivity contribution in [3.8, 4) is 11.3 Å². The lowest BCUT2D eigenvalue weighted by Gasteiger charge is -2.18. The van der Waals surface area contributed by atoms with Gasteiger partial charge in [0.25, 0.3) is 5.91 Å². The predicted octanol–water partition coefficient (Wildman–Crippen LogP) is 3.77. The van der Waals surface area contributed by atoms with E-state index in [9.17, 15) is 9.59 Å². The normalized spacial score (nSPS) is 10.5. The lowest BCUT2D eigenvalue weighted by molar-refractivity contribution is -0.133. The Balaban J connectivity index is 1.65. The summed E-state index contributed by atoms with van der Waals surface area (Å²) >= 11 is 0. The van der Waals surface area contributed by atoms with Crippen LogP contribution in [0.2, 0.25) is 0 Å². The molecule has 0 unspecified atom stereocenters. The maximum Gasteiger partial charge on any atom is 0.344 e.